The van der Waals surface area contributed by atoms with Crippen molar-refractivity contribution in [2.24, 2.45) is 5.73 Å². The number of nitrogens with two attached hydrogens (primary N) is 1. The van der Waals surface area contributed by atoms with E-state index in [-0.39, 0.29) is 5.91 Å². The minimum absolute atomic E-state index is 0.100. The summed E-state index contributed by atoms with van der Waals surface area (Å²) in [6.07, 6.45) is 3.92. The summed E-state index contributed by atoms with van der Waals surface area (Å²) in [6.45, 7) is 2.54. The molecule has 0 radical (unpaired) electrons. The molecule has 100 valence electrons. The molecule has 0 atom stereocenters. The van der Waals surface area contributed by atoms with Gasteiger partial charge in [-0.15, -0.1) is 0 Å². The van der Waals surface area contributed by atoms with Crippen molar-refractivity contribution in [3.05, 3.63) is 30.1 Å². The van der Waals surface area contributed by atoms with Crippen LogP contribution in [-0.2, 0) is 11.3 Å². The van der Waals surface area contributed by atoms with Gasteiger partial charge in [0.15, 0.2) is 0 Å². The Labute approximate surface area is 109 Å². The standard InChI is InChI=1S/C13H22N4O/c1-16(2)8-9-17(13(18)5-6-14)11-12-4-3-7-15-10-12/h3-4,7,10H,5-6,8-9,11,14H2,1-2H3. The zero-order chi connectivity index (χ0) is 13.4. The first kappa shape index (κ1) is 14.6. The number of amides is 1. The fraction of sp³-hybridized carbons (Fsp3) is 0.538. The van der Waals surface area contributed by atoms with Gasteiger partial charge in [-0.05, 0) is 25.7 Å². The number of aromatic nitrogens is 1. The zero-order valence-electron chi connectivity index (χ0n) is 11.2. The molecule has 0 aliphatic carbocycles. The third-order valence-electron chi connectivity index (χ3n) is 2.62. The van der Waals surface area contributed by atoms with E-state index in [2.05, 4.69) is 9.88 Å². The maximum Gasteiger partial charge on any atom is 0.224 e. The molecule has 0 unspecified atom stereocenters. The van der Waals surface area contributed by atoms with E-state index in [1.807, 2.05) is 31.1 Å². The molecule has 0 aliphatic heterocycles. The molecule has 2 N–H and O–H groups in total. The van der Waals surface area contributed by atoms with Crippen LogP contribution in [0.1, 0.15) is 12.0 Å². The zero-order valence-corrected chi connectivity index (χ0v) is 11.2. The van der Waals surface area contributed by atoms with Gasteiger partial charge in [0, 0.05) is 45.0 Å². The molecule has 0 aliphatic rings. The van der Waals surface area contributed by atoms with Gasteiger partial charge < -0.3 is 15.5 Å². The maximum atomic E-state index is 12.0. The second kappa shape index (κ2) is 7.79. The average Bonchev–Trinajstić information content (AvgIpc) is 2.35. The second-order valence-electron chi connectivity index (χ2n) is 4.52. The van der Waals surface area contributed by atoms with Gasteiger partial charge in [0.2, 0.25) is 5.91 Å². The molecular weight excluding hydrogens is 228 g/mol. The van der Waals surface area contributed by atoms with Crippen LogP contribution in [-0.4, -0.2) is 54.4 Å². The Morgan fingerprint density at radius 1 is 1.39 bits per heavy atom. The van der Waals surface area contributed by atoms with Gasteiger partial charge in [-0.2, -0.15) is 0 Å². The lowest BCUT2D eigenvalue weighted by atomic mass is 10.2. The Kier molecular flexibility index (Phi) is 6.32. The van der Waals surface area contributed by atoms with Crippen LogP contribution in [0, 0.1) is 0 Å². The topological polar surface area (TPSA) is 62.5 Å². The Balaban J connectivity index is 2.62. The molecule has 0 saturated carbocycles. The summed E-state index contributed by atoms with van der Waals surface area (Å²) >= 11 is 0. The minimum Gasteiger partial charge on any atom is -0.337 e. The molecule has 1 aromatic rings. The number of hydrogen-bond acceptors (Lipinski definition) is 4. The fourth-order valence-corrected chi connectivity index (χ4v) is 1.61. The van der Waals surface area contributed by atoms with E-state index < -0.39 is 0 Å². The highest BCUT2D eigenvalue weighted by atomic mass is 16.2. The largest absolute Gasteiger partial charge is 0.337 e. The molecule has 1 amide bonds. The van der Waals surface area contributed by atoms with Gasteiger partial charge in [-0.3, -0.25) is 9.78 Å². The summed E-state index contributed by atoms with van der Waals surface area (Å²) in [7, 11) is 3.99. The molecule has 1 heterocycles. The highest BCUT2D eigenvalue weighted by molar-refractivity contribution is 5.76. The maximum absolute atomic E-state index is 12.0. The monoisotopic (exact) mass is 250 g/mol. The molecule has 1 aromatic heterocycles. The highest BCUT2D eigenvalue weighted by Crippen LogP contribution is 2.04. The van der Waals surface area contributed by atoms with Crippen molar-refractivity contribution in [1.82, 2.24) is 14.8 Å². The Hall–Kier alpha value is -1.46. The van der Waals surface area contributed by atoms with Gasteiger partial charge in [0.05, 0.1) is 0 Å². The number of rotatable bonds is 7. The third-order valence-corrected chi connectivity index (χ3v) is 2.62. The van der Waals surface area contributed by atoms with Crippen LogP contribution >= 0.6 is 0 Å². The number of likely N-dealkylation sites (N-methyl/N-ethyl adjacent to an activating group) is 1. The van der Waals surface area contributed by atoms with Crippen LogP contribution in [0.25, 0.3) is 0 Å². The average molecular weight is 250 g/mol. The van der Waals surface area contributed by atoms with Crippen LogP contribution in [0.15, 0.2) is 24.5 Å². The minimum atomic E-state index is 0.100. The molecule has 5 heteroatoms. The van der Waals surface area contributed by atoms with E-state index in [9.17, 15) is 4.79 Å². The van der Waals surface area contributed by atoms with Gasteiger partial charge in [0.25, 0.3) is 0 Å². The van der Waals surface area contributed by atoms with Crippen LogP contribution in [0.2, 0.25) is 0 Å². The van der Waals surface area contributed by atoms with Gasteiger partial charge >= 0.3 is 0 Å². The first-order chi connectivity index (χ1) is 8.63. The van der Waals surface area contributed by atoms with E-state index in [4.69, 9.17) is 5.73 Å². The number of pyridine rings is 1. The number of hydrogen-bond donors (Lipinski definition) is 1. The molecule has 1 rings (SSSR count). The molecule has 0 aromatic carbocycles. The summed E-state index contributed by atoms with van der Waals surface area (Å²) < 4.78 is 0. The van der Waals surface area contributed by atoms with E-state index in [0.29, 0.717) is 26.1 Å². The summed E-state index contributed by atoms with van der Waals surface area (Å²) in [6, 6.07) is 3.86. The molecule has 5 nitrogen and oxygen atoms in total. The lowest BCUT2D eigenvalue weighted by Gasteiger charge is -2.24. The molecular formula is C13H22N4O. The molecule has 0 fully saturated rings. The lowest BCUT2D eigenvalue weighted by molar-refractivity contribution is -0.131. The molecule has 0 bridgehead atoms. The summed E-state index contributed by atoms with van der Waals surface area (Å²) in [4.78, 5) is 19.9. The quantitative estimate of drug-likeness (QED) is 0.757. The number of nitrogens with zero attached hydrogens (tertiary/aromatic N) is 3. The molecule has 0 spiro atoms. The van der Waals surface area contributed by atoms with Crippen LogP contribution < -0.4 is 5.73 Å². The second-order valence-corrected chi connectivity index (χ2v) is 4.52. The first-order valence-corrected chi connectivity index (χ1v) is 6.15. The Morgan fingerprint density at radius 2 is 2.17 bits per heavy atom. The van der Waals surface area contributed by atoms with E-state index in [0.717, 1.165) is 12.1 Å². The summed E-state index contributed by atoms with van der Waals surface area (Å²) in [5.74, 6) is 0.100. The van der Waals surface area contributed by atoms with Crippen molar-refractivity contribution in [3.63, 3.8) is 0 Å². The molecule has 0 saturated heterocycles. The summed E-state index contributed by atoms with van der Waals surface area (Å²) in [5.41, 5.74) is 6.49. The SMILES string of the molecule is CN(C)CCN(Cc1cccnc1)C(=O)CCN. The van der Waals surface area contributed by atoms with Crippen molar-refractivity contribution < 1.29 is 4.79 Å². The lowest BCUT2D eigenvalue weighted by Crippen LogP contribution is -2.37. The van der Waals surface area contributed by atoms with Gasteiger partial charge in [-0.25, -0.2) is 0 Å². The summed E-state index contributed by atoms with van der Waals surface area (Å²) in [5, 5.41) is 0. The number of carbonyl (C=O) groups is 1. The van der Waals surface area contributed by atoms with Crippen LogP contribution in [0.5, 0.6) is 0 Å². The van der Waals surface area contributed by atoms with Crippen molar-refractivity contribution in [2.45, 2.75) is 13.0 Å². The highest BCUT2D eigenvalue weighted by Gasteiger charge is 2.13. The predicted octanol–water partition coefficient (Wildman–Crippen LogP) is 0.321. The molecule has 18 heavy (non-hydrogen) atoms. The van der Waals surface area contributed by atoms with E-state index in [1.54, 1.807) is 12.4 Å². The first-order valence-electron chi connectivity index (χ1n) is 6.15. The smallest absolute Gasteiger partial charge is 0.224 e. The number of carbonyl (C=O) groups excluding carboxylic acids is 1. The van der Waals surface area contributed by atoms with Crippen LogP contribution in [0.4, 0.5) is 0 Å². The fourth-order valence-electron chi connectivity index (χ4n) is 1.61. The van der Waals surface area contributed by atoms with E-state index >= 15 is 0 Å². The van der Waals surface area contributed by atoms with Gasteiger partial charge in [-0.1, -0.05) is 6.07 Å². The van der Waals surface area contributed by atoms with Crippen molar-refractivity contribution in [2.75, 3.05) is 33.7 Å². The normalized spacial score (nSPS) is 10.7. The van der Waals surface area contributed by atoms with Crippen molar-refractivity contribution >= 4 is 5.91 Å². The predicted molar refractivity (Wildman–Crippen MR) is 71.9 cm³/mol. The van der Waals surface area contributed by atoms with Gasteiger partial charge in [0.1, 0.15) is 0 Å². The van der Waals surface area contributed by atoms with E-state index in [1.165, 1.54) is 0 Å². The Morgan fingerprint density at radius 3 is 2.72 bits per heavy atom. The van der Waals surface area contributed by atoms with Crippen molar-refractivity contribution in [3.8, 4) is 0 Å². The third kappa shape index (κ3) is 5.25. The van der Waals surface area contributed by atoms with Crippen molar-refractivity contribution in [1.29, 1.82) is 0 Å². The van der Waals surface area contributed by atoms with Crippen LogP contribution in [0.3, 0.4) is 0 Å². The Bertz CT molecular complexity index is 353.